The standard InChI is InChI=1S/C14H15ClN2OS/c1-9-17-12(8-19-9)11-5-6-16-14(13(11)15)18-7-10-3-2-4-10/h5-6,8,10H,2-4,7H2,1H3. The van der Waals surface area contributed by atoms with Gasteiger partial charge in [-0.2, -0.15) is 0 Å². The van der Waals surface area contributed by atoms with Crippen LogP contribution in [-0.2, 0) is 0 Å². The summed E-state index contributed by atoms with van der Waals surface area (Å²) in [5, 5.41) is 3.60. The highest BCUT2D eigenvalue weighted by molar-refractivity contribution is 7.09. The Bertz CT molecular complexity index is 581. The van der Waals surface area contributed by atoms with Crippen LogP contribution in [0.1, 0.15) is 24.3 Å². The molecule has 19 heavy (non-hydrogen) atoms. The molecule has 1 fully saturated rings. The van der Waals surface area contributed by atoms with Crippen LogP contribution in [0.3, 0.4) is 0 Å². The van der Waals surface area contributed by atoms with Crippen LogP contribution in [0.5, 0.6) is 5.88 Å². The fourth-order valence-electron chi connectivity index (χ4n) is 2.07. The Morgan fingerprint density at radius 3 is 2.95 bits per heavy atom. The predicted octanol–water partition coefficient (Wildman–Crippen LogP) is 4.35. The van der Waals surface area contributed by atoms with Crippen LogP contribution in [0.25, 0.3) is 11.3 Å². The Morgan fingerprint density at radius 1 is 1.47 bits per heavy atom. The van der Waals surface area contributed by atoms with Gasteiger partial charge in [0.15, 0.2) is 0 Å². The van der Waals surface area contributed by atoms with E-state index < -0.39 is 0 Å². The molecule has 3 rings (SSSR count). The Kier molecular flexibility index (Phi) is 3.71. The maximum atomic E-state index is 6.37. The van der Waals surface area contributed by atoms with Gasteiger partial charge < -0.3 is 4.74 Å². The van der Waals surface area contributed by atoms with Crippen molar-refractivity contribution in [2.45, 2.75) is 26.2 Å². The van der Waals surface area contributed by atoms with Crippen molar-refractivity contribution in [3.63, 3.8) is 0 Å². The van der Waals surface area contributed by atoms with Crippen LogP contribution in [0, 0.1) is 12.8 Å². The van der Waals surface area contributed by atoms with Gasteiger partial charge in [0.25, 0.3) is 0 Å². The minimum Gasteiger partial charge on any atom is -0.476 e. The van der Waals surface area contributed by atoms with Gasteiger partial charge >= 0.3 is 0 Å². The molecule has 0 radical (unpaired) electrons. The molecule has 100 valence electrons. The fraction of sp³-hybridized carbons (Fsp3) is 0.429. The number of hydrogen-bond donors (Lipinski definition) is 0. The van der Waals surface area contributed by atoms with Crippen molar-refractivity contribution in [1.82, 2.24) is 9.97 Å². The molecule has 0 aliphatic heterocycles. The molecule has 0 unspecified atom stereocenters. The Labute approximate surface area is 121 Å². The first-order valence-electron chi connectivity index (χ1n) is 6.44. The van der Waals surface area contributed by atoms with E-state index in [0.29, 0.717) is 23.4 Å². The molecule has 0 saturated heterocycles. The van der Waals surface area contributed by atoms with Gasteiger partial charge in [0, 0.05) is 17.1 Å². The van der Waals surface area contributed by atoms with Crippen molar-refractivity contribution in [2.24, 2.45) is 5.92 Å². The van der Waals surface area contributed by atoms with E-state index in [1.165, 1.54) is 19.3 Å². The number of thiazole rings is 1. The molecule has 2 heterocycles. The van der Waals surface area contributed by atoms with Gasteiger partial charge in [0.05, 0.1) is 17.3 Å². The maximum absolute atomic E-state index is 6.37. The SMILES string of the molecule is Cc1nc(-c2ccnc(OCC3CCC3)c2Cl)cs1. The molecule has 2 aromatic rings. The summed E-state index contributed by atoms with van der Waals surface area (Å²) in [7, 11) is 0. The fourth-order valence-corrected chi connectivity index (χ4v) is 2.94. The van der Waals surface area contributed by atoms with Gasteiger partial charge in [0.1, 0.15) is 5.02 Å². The maximum Gasteiger partial charge on any atom is 0.233 e. The van der Waals surface area contributed by atoms with Gasteiger partial charge in [-0.25, -0.2) is 9.97 Å². The number of rotatable bonds is 4. The molecule has 0 amide bonds. The van der Waals surface area contributed by atoms with Crippen LogP contribution in [-0.4, -0.2) is 16.6 Å². The summed E-state index contributed by atoms with van der Waals surface area (Å²) in [6.45, 7) is 2.70. The van der Waals surface area contributed by atoms with E-state index in [1.807, 2.05) is 18.4 Å². The average molecular weight is 295 g/mol. The van der Waals surface area contributed by atoms with E-state index in [0.717, 1.165) is 16.3 Å². The Hall–Kier alpha value is -1.13. The van der Waals surface area contributed by atoms with E-state index >= 15 is 0 Å². The highest BCUT2D eigenvalue weighted by Gasteiger charge is 2.19. The lowest BCUT2D eigenvalue weighted by Crippen LogP contribution is -2.19. The topological polar surface area (TPSA) is 35.0 Å². The molecule has 0 N–H and O–H groups in total. The highest BCUT2D eigenvalue weighted by Crippen LogP contribution is 2.35. The molecular formula is C14H15ClN2OS. The molecule has 0 spiro atoms. The number of pyridine rings is 1. The summed E-state index contributed by atoms with van der Waals surface area (Å²) in [5.74, 6) is 1.19. The third-order valence-corrected chi connectivity index (χ3v) is 4.57. The minimum absolute atomic E-state index is 0.525. The van der Waals surface area contributed by atoms with Crippen LogP contribution < -0.4 is 4.74 Å². The first-order valence-corrected chi connectivity index (χ1v) is 7.69. The molecule has 1 aliphatic carbocycles. The third-order valence-electron chi connectivity index (χ3n) is 3.43. The molecule has 1 aliphatic rings. The molecule has 0 bridgehead atoms. The van der Waals surface area contributed by atoms with Gasteiger partial charge in [-0.05, 0) is 31.7 Å². The lowest BCUT2D eigenvalue weighted by Gasteiger charge is -2.25. The summed E-state index contributed by atoms with van der Waals surface area (Å²) in [4.78, 5) is 8.68. The molecule has 1 saturated carbocycles. The number of hydrogen-bond acceptors (Lipinski definition) is 4. The second kappa shape index (κ2) is 5.47. The van der Waals surface area contributed by atoms with Crippen molar-refractivity contribution >= 4 is 22.9 Å². The molecular weight excluding hydrogens is 280 g/mol. The van der Waals surface area contributed by atoms with Crippen molar-refractivity contribution < 1.29 is 4.74 Å². The summed E-state index contributed by atoms with van der Waals surface area (Å²) in [5.41, 5.74) is 1.79. The highest BCUT2D eigenvalue weighted by atomic mass is 35.5. The van der Waals surface area contributed by atoms with Gasteiger partial charge in [0.2, 0.25) is 5.88 Å². The predicted molar refractivity (Wildman–Crippen MR) is 77.9 cm³/mol. The summed E-state index contributed by atoms with van der Waals surface area (Å²) < 4.78 is 5.74. The molecule has 3 nitrogen and oxygen atoms in total. The van der Waals surface area contributed by atoms with Crippen LogP contribution >= 0.6 is 22.9 Å². The van der Waals surface area contributed by atoms with Crippen molar-refractivity contribution in [1.29, 1.82) is 0 Å². The monoisotopic (exact) mass is 294 g/mol. The molecule has 0 aromatic carbocycles. The number of aryl methyl sites for hydroxylation is 1. The number of aromatic nitrogens is 2. The van der Waals surface area contributed by atoms with E-state index in [9.17, 15) is 0 Å². The molecule has 5 heteroatoms. The lowest BCUT2D eigenvalue weighted by atomic mass is 9.86. The number of halogens is 1. The van der Waals surface area contributed by atoms with Crippen molar-refractivity contribution in [3.8, 4) is 17.1 Å². The number of nitrogens with zero attached hydrogens (tertiary/aromatic N) is 2. The van der Waals surface area contributed by atoms with E-state index in [-0.39, 0.29) is 0 Å². The first kappa shape index (κ1) is 12.9. The number of ether oxygens (including phenoxy) is 1. The summed E-state index contributed by atoms with van der Waals surface area (Å²) in [6, 6.07) is 1.88. The first-order chi connectivity index (χ1) is 9.24. The van der Waals surface area contributed by atoms with Crippen molar-refractivity contribution in [3.05, 3.63) is 27.7 Å². The largest absolute Gasteiger partial charge is 0.476 e. The molecule has 0 atom stereocenters. The molecule has 2 aromatic heterocycles. The summed E-state index contributed by atoms with van der Waals surface area (Å²) in [6.07, 6.45) is 5.55. The van der Waals surface area contributed by atoms with Crippen LogP contribution in [0.4, 0.5) is 0 Å². The Morgan fingerprint density at radius 2 is 2.32 bits per heavy atom. The van der Waals surface area contributed by atoms with Gasteiger partial charge in [-0.1, -0.05) is 18.0 Å². The quantitative estimate of drug-likeness (QED) is 0.841. The van der Waals surface area contributed by atoms with Gasteiger partial charge in [-0.15, -0.1) is 11.3 Å². The van der Waals surface area contributed by atoms with E-state index in [4.69, 9.17) is 16.3 Å². The van der Waals surface area contributed by atoms with Crippen molar-refractivity contribution in [2.75, 3.05) is 6.61 Å². The second-order valence-electron chi connectivity index (χ2n) is 4.84. The Balaban J connectivity index is 1.81. The smallest absolute Gasteiger partial charge is 0.233 e. The zero-order valence-electron chi connectivity index (χ0n) is 10.7. The zero-order valence-corrected chi connectivity index (χ0v) is 12.3. The minimum atomic E-state index is 0.525. The van der Waals surface area contributed by atoms with Crippen LogP contribution in [0.15, 0.2) is 17.6 Å². The third kappa shape index (κ3) is 2.74. The normalized spacial score (nSPS) is 15.3. The second-order valence-corrected chi connectivity index (χ2v) is 6.28. The average Bonchev–Trinajstić information content (AvgIpc) is 2.76. The summed E-state index contributed by atoms with van der Waals surface area (Å²) >= 11 is 7.99. The van der Waals surface area contributed by atoms with Crippen LogP contribution in [0.2, 0.25) is 5.02 Å². The zero-order chi connectivity index (χ0) is 13.2. The lowest BCUT2D eigenvalue weighted by molar-refractivity contribution is 0.176. The van der Waals surface area contributed by atoms with Gasteiger partial charge in [-0.3, -0.25) is 0 Å². The van der Waals surface area contributed by atoms with E-state index in [1.54, 1.807) is 17.5 Å². The van der Waals surface area contributed by atoms with E-state index in [2.05, 4.69) is 9.97 Å².